The second kappa shape index (κ2) is 4.43. The molecule has 2 nitrogen and oxygen atoms in total. The van der Waals surface area contributed by atoms with Crippen molar-refractivity contribution in [2.75, 3.05) is 0 Å². The van der Waals surface area contributed by atoms with Crippen LogP contribution in [0.5, 0.6) is 11.5 Å². The van der Waals surface area contributed by atoms with E-state index in [0.717, 1.165) is 6.07 Å². The summed E-state index contributed by atoms with van der Waals surface area (Å²) in [7, 11) is 0. The molecule has 114 valence electrons. The third kappa shape index (κ3) is 1.57. The molecule has 3 aromatic rings. The van der Waals surface area contributed by atoms with Gasteiger partial charge in [0.2, 0.25) is 5.82 Å². The van der Waals surface area contributed by atoms with Crippen LogP contribution in [0.1, 0.15) is 0 Å². The summed E-state index contributed by atoms with van der Waals surface area (Å²) in [6.07, 6.45) is 0. The number of hydrogen-bond donors (Lipinski definition) is 2. The Morgan fingerprint density at radius 3 is 1.82 bits per heavy atom. The van der Waals surface area contributed by atoms with Gasteiger partial charge in [-0.15, -0.1) is 0 Å². The lowest BCUT2D eigenvalue weighted by Crippen LogP contribution is -1.99. The summed E-state index contributed by atoms with van der Waals surface area (Å²) < 4.78 is 81.5. The predicted octanol–water partition coefficient (Wildman–Crippen LogP) is 4.24. The minimum Gasteiger partial charge on any atom is -0.506 e. The Labute approximate surface area is 117 Å². The van der Waals surface area contributed by atoms with Crippen LogP contribution in [0.3, 0.4) is 0 Å². The fourth-order valence-electron chi connectivity index (χ4n) is 2.31. The van der Waals surface area contributed by atoms with Gasteiger partial charge in [-0.2, -0.15) is 4.39 Å². The van der Waals surface area contributed by atoms with Gasteiger partial charge < -0.3 is 10.2 Å². The topological polar surface area (TPSA) is 40.5 Å². The molecule has 0 unspecified atom stereocenters. The highest BCUT2D eigenvalue weighted by molar-refractivity contribution is 6.08. The first-order valence-corrected chi connectivity index (χ1v) is 5.74. The van der Waals surface area contributed by atoms with Crippen molar-refractivity contribution in [3.05, 3.63) is 47.0 Å². The van der Waals surface area contributed by atoms with Crippen molar-refractivity contribution in [1.29, 1.82) is 0 Å². The van der Waals surface area contributed by atoms with Gasteiger partial charge in [-0.25, -0.2) is 22.0 Å². The number of fused-ring (bicyclic) bond motifs is 2. The Morgan fingerprint density at radius 2 is 1.18 bits per heavy atom. The molecule has 0 heterocycles. The lowest BCUT2D eigenvalue weighted by atomic mass is 9.99. The first kappa shape index (κ1) is 14.3. The average Bonchev–Trinajstić information content (AvgIpc) is 2.49. The number of phenolic OH excluding ortho intramolecular Hbond substituents is 2. The van der Waals surface area contributed by atoms with Gasteiger partial charge in [-0.1, -0.05) is 0 Å². The molecule has 0 saturated heterocycles. The minimum absolute atomic E-state index is 0.552. The van der Waals surface area contributed by atoms with E-state index in [2.05, 4.69) is 0 Å². The van der Waals surface area contributed by atoms with Crippen LogP contribution >= 0.6 is 0 Å². The monoisotopic (exact) mass is 318 g/mol. The number of phenols is 2. The molecule has 3 rings (SSSR count). The summed E-state index contributed by atoms with van der Waals surface area (Å²) in [4.78, 5) is 0. The maximum Gasteiger partial charge on any atom is 0.204 e. The van der Waals surface area contributed by atoms with E-state index < -0.39 is 67.9 Å². The molecular formula is C14H4F6O2. The predicted molar refractivity (Wildman–Crippen MR) is 64.5 cm³/mol. The zero-order chi connectivity index (χ0) is 16.3. The highest BCUT2D eigenvalue weighted by Crippen LogP contribution is 2.45. The average molecular weight is 318 g/mol. The third-order valence-corrected chi connectivity index (χ3v) is 3.33. The summed E-state index contributed by atoms with van der Waals surface area (Å²) in [5.74, 6) is -14.0. The van der Waals surface area contributed by atoms with E-state index in [1.165, 1.54) is 0 Å². The highest BCUT2D eigenvalue weighted by Gasteiger charge is 2.28. The molecule has 3 aromatic carbocycles. The van der Waals surface area contributed by atoms with Gasteiger partial charge >= 0.3 is 0 Å². The van der Waals surface area contributed by atoms with Gasteiger partial charge in [-0.05, 0) is 12.1 Å². The standard InChI is InChI=1S/C14H4F6O2/c15-4-2-1-3-5(8(4)16)9(17)6-7(13(3)21)14(22)12(20)11(19)10(6)18/h1-2,21-22H. The molecule has 0 saturated carbocycles. The minimum atomic E-state index is -2.21. The molecule has 0 aliphatic heterocycles. The second-order valence-electron chi connectivity index (χ2n) is 4.49. The molecule has 0 spiro atoms. The van der Waals surface area contributed by atoms with Crippen LogP contribution in [0.15, 0.2) is 12.1 Å². The molecule has 0 aliphatic rings. The molecule has 2 N–H and O–H groups in total. The number of benzene rings is 3. The maximum atomic E-state index is 14.3. The molecule has 0 radical (unpaired) electrons. The fraction of sp³-hybridized carbons (Fsp3) is 0. The van der Waals surface area contributed by atoms with Crippen molar-refractivity contribution in [3.8, 4) is 11.5 Å². The van der Waals surface area contributed by atoms with Gasteiger partial charge in [-0.3, -0.25) is 0 Å². The maximum absolute atomic E-state index is 14.3. The molecule has 22 heavy (non-hydrogen) atoms. The third-order valence-electron chi connectivity index (χ3n) is 3.33. The Kier molecular flexibility index (Phi) is 2.88. The van der Waals surface area contributed by atoms with Crippen molar-refractivity contribution >= 4 is 21.5 Å². The second-order valence-corrected chi connectivity index (χ2v) is 4.49. The Balaban J connectivity index is 2.76. The van der Waals surface area contributed by atoms with Crippen LogP contribution in [-0.2, 0) is 0 Å². The quantitative estimate of drug-likeness (QED) is 0.370. The Hall–Kier alpha value is -2.64. The van der Waals surface area contributed by atoms with Crippen molar-refractivity contribution < 1.29 is 36.6 Å². The molecule has 8 heteroatoms. The molecule has 0 atom stereocenters. The van der Waals surface area contributed by atoms with E-state index in [4.69, 9.17) is 0 Å². The SMILES string of the molecule is Oc1c(F)c(F)c(F)c2c(F)c3c(F)c(F)ccc3c(O)c12. The van der Waals surface area contributed by atoms with Crippen LogP contribution < -0.4 is 0 Å². The van der Waals surface area contributed by atoms with E-state index in [1.807, 2.05) is 0 Å². The van der Waals surface area contributed by atoms with Gasteiger partial charge in [0.05, 0.1) is 16.2 Å². The molecule has 0 aliphatic carbocycles. The lowest BCUT2D eigenvalue weighted by molar-refractivity contribution is 0.391. The molecular weight excluding hydrogens is 314 g/mol. The van der Waals surface area contributed by atoms with Crippen LogP contribution in [-0.4, -0.2) is 10.2 Å². The van der Waals surface area contributed by atoms with Gasteiger partial charge in [0, 0.05) is 5.39 Å². The Bertz CT molecular complexity index is 968. The zero-order valence-electron chi connectivity index (χ0n) is 10.3. The largest absolute Gasteiger partial charge is 0.506 e. The zero-order valence-corrected chi connectivity index (χ0v) is 10.3. The Morgan fingerprint density at radius 1 is 0.545 bits per heavy atom. The van der Waals surface area contributed by atoms with Crippen LogP contribution in [0, 0.1) is 34.9 Å². The van der Waals surface area contributed by atoms with Gasteiger partial charge in [0.1, 0.15) is 11.6 Å². The lowest BCUT2D eigenvalue weighted by Gasteiger charge is -2.12. The molecule has 0 aromatic heterocycles. The first-order chi connectivity index (χ1) is 10.3. The summed E-state index contributed by atoms with van der Waals surface area (Å²) in [5, 5.41) is 15.1. The van der Waals surface area contributed by atoms with E-state index >= 15 is 0 Å². The van der Waals surface area contributed by atoms with Crippen molar-refractivity contribution in [3.63, 3.8) is 0 Å². The van der Waals surface area contributed by atoms with Crippen molar-refractivity contribution in [2.24, 2.45) is 0 Å². The normalized spacial score (nSPS) is 11.5. The highest BCUT2D eigenvalue weighted by atomic mass is 19.2. The smallest absolute Gasteiger partial charge is 0.204 e. The van der Waals surface area contributed by atoms with Crippen LogP contribution in [0.25, 0.3) is 21.5 Å². The molecule has 0 bridgehead atoms. The first-order valence-electron chi connectivity index (χ1n) is 5.74. The number of rotatable bonds is 0. The van der Waals surface area contributed by atoms with Crippen LogP contribution in [0.2, 0.25) is 0 Å². The van der Waals surface area contributed by atoms with E-state index in [1.54, 1.807) is 0 Å². The number of halogens is 6. The fourth-order valence-corrected chi connectivity index (χ4v) is 2.31. The van der Waals surface area contributed by atoms with E-state index in [0.29, 0.717) is 6.07 Å². The summed E-state index contributed by atoms with van der Waals surface area (Å²) in [6.45, 7) is 0. The number of hydrogen-bond acceptors (Lipinski definition) is 2. The van der Waals surface area contributed by atoms with Gasteiger partial charge in [0.25, 0.3) is 0 Å². The van der Waals surface area contributed by atoms with Gasteiger partial charge in [0.15, 0.2) is 29.0 Å². The van der Waals surface area contributed by atoms with Crippen LogP contribution in [0.4, 0.5) is 26.3 Å². The van der Waals surface area contributed by atoms with Crippen molar-refractivity contribution in [1.82, 2.24) is 0 Å². The molecule has 0 amide bonds. The molecule has 0 fully saturated rings. The summed E-state index contributed by atoms with van der Waals surface area (Å²) in [6, 6.07) is 1.31. The van der Waals surface area contributed by atoms with Crippen molar-refractivity contribution in [2.45, 2.75) is 0 Å². The summed E-state index contributed by atoms with van der Waals surface area (Å²) in [5.41, 5.74) is 0. The number of aromatic hydroxyl groups is 2. The van der Waals surface area contributed by atoms with E-state index in [-0.39, 0.29) is 0 Å². The van der Waals surface area contributed by atoms with E-state index in [9.17, 15) is 36.6 Å². The summed E-state index contributed by atoms with van der Waals surface area (Å²) >= 11 is 0.